The molecule has 4 nitrogen and oxygen atoms in total. The number of hydrogen-bond acceptors (Lipinski definition) is 2. The van der Waals surface area contributed by atoms with Crippen LogP contribution in [0.3, 0.4) is 0 Å². The van der Waals surface area contributed by atoms with E-state index in [0.29, 0.717) is 11.5 Å². The second-order valence-corrected chi connectivity index (χ2v) is 4.56. The van der Waals surface area contributed by atoms with Crippen molar-refractivity contribution in [3.05, 3.63) is 66.0 Å². The van der Waals surface area contributed by atoms with Crippen LogP contribution in [0.15, 0.2) is 54.7 Å². The van der Waals surface area contributed by atoms with Crippen LogP contribution in [-0.2, 0) is 0 Å². The van der Waals surface area contributed by atoms with Crippen molar-refractivity contribution in [3.63, 3.8) is 0 Å². The van der Waals surface area contributed by atoms with E-state index < -0.39 is 5.97 Å². The van der Waals surface area contributed by atoms with Gasteiger partial charge in [-0.2, -0.15) is 0 Å². The summed E-state index contributed by atoms with van der Waals surface area (Å²) >= 11 is 0. The number of fused-ring (bicyclic) bond motifs is 1. The molecule has 0 amide bonds. The third kappa shape index (κ3) is 2.12. The van der Waals surface area contributed by atoms with Gasteiger partial charge in [0.15, 0.2) is 0 Å². The van der Waals surface area contributed by atoms with E-state index in [1.165, 1.54) is 0 Å². The molecule has 0 unspecified atom stereocenters. The summed E-state index contributed by atoms with van der Waals surface area (Å²) < 4.78 is 7.35. The lowest BCUT2D eigenvalue weighted by molar-refractivity contribution is 0.0688. The van der Waals surface area contributed by atoms with Crippen molar-refractivity contribution in [1.29, 1.82) is 0 Å². The van der Waals surface area contributed by atoms with Crippen molar-refractivity contribution in [1.82, 2.24) is 4.40 Å². The van der Waals surface area contributed by atoms with Crippen molar-refractivity contribution in [2.45, 2.75) is 6.92 Å². The number of carbonyl (C=O) groups is 1. The normalized spacial score (nSPS) is 10.7. The largest absolute Gasteiger partial charge is 0.477 e. The van der Waals surface area contributed by atoms with Gasteiger partial charge in [-0.1, -0.05) is 18.2 Å². The van der Waals surface area contributed by atoms with E-state index in [0.717, 1.165) is 11.1 Å². The predicted octanol–water partition coefficient (Wildman–Crippen LogP) is 3.74. The highest BCUT2D eigenvalue weighted by atomic mass is 16.5. The van der Waals surface area contributed by atoms with Gasteiger partial charge in [-0.25, -0.2) is 4.79 Å². The van der Waals surface area contributed by atoms with Gasteiger partial charge < -0.3 is 14.2 Å². The number of nitrogens with zero attached hydrogens (tertiary/aromatic N) is 1. The Bertz CT molecular complexity index is 775. The molecule has 0 saturated heterocycles. The topological polar surface area (TPSA) is 50.9 Å². The number of carboxylic acids is 1. The van der Waals surface area contributed by atoms with Gasteiger partial charge >= 0.3 is 5.97 Å². The van der Waals surface area contributed by atoms with Crippen molar-refractivity contribution >= 4 is 11.5 Å². The van der Waals surface area contributed by atoms with Crippen LogP contribution < -0.4 is 4.74 Å². The smallest absolute Gasteiger partial charge is 0.353 e. The summed E-state index contributed by atoms with van der Waals surface area (Å²) in [6, 6.07) is 14.9. The van der Waals surface area contributed by atoms with E-state index in [1.807, 2.05) is 48.5 Å². The second-order valence-electron chi connectivity index (χ2n) is 4.56. The minimum atomic E-state index is -0.945. The fraction of sp³-hybridized carbons (Fsp3) is 0.0625. The molecule has 3 aromatic rings. The number of ether oxygens (including phenoxy) is 1. The molecule has 0 fully saturated rings. The highest BCUT2D eigenvalue weighted by Gasteiger charge is 2.14. The van der Waals surface area contributed by atoms with Gasteiger partial charge in [-0.05, 0) is 42.8 Å². The number of aromatic nitrogens is 1. The summed E-state index contributed by atoms with van der Waals surface area (Å²) in [5, 5.41) is 9.27. The fourth-order valence-corrected chi connectivity index (χ4v) is 2.24. The van der Waals surface area contributed by atoms with Crippen molar-refractivity contribution in [2.75, 3.05) is 0 Å². The molecule has 0 aliphatic heterocycles. The highest BCUT2D eigenvalue weighted by Crippen LogP contribution is 2.24. The van der Waals surface area contributed by atoms with Crippen LogP contribution in [0.1, 0.15) is 16.1 Å². The van der Waals surface area contributed by atoms with E-state index in [4.69, 9.17) is 4.74 Å². The molecule has 0 aliphatic rings. The molecule has 100 valence electrons. The molecule has 0 saturated carbocycles. The Labute approximate surface area is 115 Å². The Morgan fingerprint density at radius 1 is 1.10 bits per heavy atom. The lowest BCUT2D eigenvalue weighted by Crippen LogP contribution is -2.03. The highest BCUT2D eigenvalue weighted by molar-refractivity contribution is 5.89. The third-order valence-electron chi connectivity index (χ3n) is 3.11. The molecule has 2 heterocycles. The maximum absolute atomic E-state index is 11.3. The zero-order chi connectivity index (χ0) is 14.1. The number of hydrogen-bond donors (Lipinski definition) is 1. The molecule has 1 N–H and O–H groups in total. The molecule has 3 rings (SSSR count). The maximum Gasteiger partial charge on any atom is 0.353 e. The summed E-state index contributed by atoms with van der Waals surface area (Å²) in [5.41, 5.74) is 1.83. The number of aromatic carboxylic acids is 1. The molecule has 2 aromatic heterocycles. The second kappa shape index (κ2) is 4.74. The number of para-hydroxylation sites is 1. The van der Waals surface area contributed by atoms with Gasteiger partial charge in [0.25, 0.3) is 0 Å². The van der Waals surface area contributed by atoms with Crippen molar-refractivity contribution < 1.29 is 14.6 Å². The van der Waals surface area contributed by atoms with Gasteiger partial charge in [-0.3, -0.25) is 0 Å². The summed E-state index contributed by atoms with van der Waals surface area (Å²) in [7, 11) is 0. The summed E-state index contributed by atoms with van der Waals surface area (Å²) in [6.07, 6.45) is 1.69. The van der Waals surface area contributed by atoms with Gasteiger partial charge in [-0.15, -0.1) is 0 Å². The number of aryl methyl sites for hydroxylation is 1. The average Bonchev–Trinajstić information content (AvgIpc) is 2.75. The van der Waals surface area contributed by atoms with Crippen molar-refractivity contribution in [2.24, 2.45) is 0 Å². The molecule has 0 atom stereocenters. The monoisotopic (exact) mass is 267 g/mol. The number of benzene rings is 1. The Kier molecular flexibility index (Phi) is 2.91. The first-order chi connectivity index (χ1) is 9.65. The Morgan fingerprint density at radius 3 is 2.55 bits per heavy atom. The average molecular weight is 267 g/mol. The summed E-state index contributed by atoms with van der Waals surface area (Å²) in [4.78, 5) is 11.3. The fourth-order valence-electron chi connectivity index (χ4n) is 2.24. The van der Waals surface area contributed by atoms with Crippen LogP contribution >= 0.6 is 0 Å². The third-order valence-corrected chi connectivity index (χ3v) is 3.11. The lowest BCUT2D eigenvalue weighted by atomic mass is 10.3. The molecular formula is C16H13NO3. The van der Waals surface area contributed by atoms with Crippen LogP contribution in [0.2, 0.25) is 0 Å². The molecule has 0 radical (unpaired) electrons. The Hall–Kier alpha value is -2.75. The quantitative estimate of drug-likeness (QED) is 0.786. The van der Waals surface area contributed by atoms with Crippen LogP contribution in [-0.4, -0.2) is 15.5 Å². The Balaban J connectivity index is 2.06. The van der Waals surface area contributed by atoms with Crippen molar-refractivity contribution in [3.8, 4) is 11.5 Å². The molecular weight excluding hydrogens is 254 g/mol. The zero-order valence-electron chi connectivity index (χ0n) is 10.9. The maximum atomic E-state index is 11.3. The van der Waals surface area contributed by atoms with Crippen LogP contribution in [0, 0.1) is 6.92 Å². The predicted molar refractivity (Wildman–Crippen MR) is 75.6 cm³/mol. The van der Waals surface area contributed by atoms with E-state index in [9.17, 15) is 9.90 Å². The van der Waals surface area contributed by atoms with Crippen LogP contribution in [0.4, 0.5) is 0 Å². The van der Waals surface area contributed by atoms with E-state index in [2.05, 4.69) is 0 Å². The van der Waals surface area contributed by atoms with Gasteiger partial charge in [0, 0.05) is 5.52 Å². The molecule has 1 aromatic carbocycles. The van der Waals surface area contributed by atoms with Gasteiger partial charge in [0.05, 0.1) is 6.20 Å². The molecule has 0 bridgehead atoms. The minimum absolute atomic E-state index is 0.263. The SMILES string of the molecule is Cc1cc2ccc(Oc3ccccc3)cn2c1C(=O)O. The van der Waals surface area contributed by atoms with E-state index >= 15 is 0 Å². The summed E-state index contributed by atoms with van der Waals surface area (Å²) in [6.45, 7) is 1.79. The zero-order valence-corrected chi connectivity index (χ0v) is 10.9. The summed E-state index contributed by atoms with van der Waals surface area (Å²) in [5.74, 6) is 0.369. The number of rotatable bonds is 3. The van der Waals surface area contributed by atoms with Gasteiger partial charge in [0.2, 0.25) is 0 Å². The van der Waals surface area contributed by atoms with E-state index in [1.54, 1.807) is 17.5 Å². The number of pyridine rings is 1. The first-order valence-corrected chi connectivity index (χ1v) is 6.23. The first kappa shape index (κ1) is 12.3. The molecule has 0 aliphatic carbocycles. The first-order valence-electron chi connectivity index (χ1n) is 6.23. The van der Waals surface area contributed by atoms with Crippen LogP contribution in [0.25, 0.3) is 5.52 Å². The number of carboxylic acid groups (broad SMARTS) is 1. The molecule has 20 heavy (non-hydrogen) atoms. The van der Waals surface area contributed by atoms with Gasteiger partial charge in [0.1, 0.15) is 17.2 Å². The Morgan fingerprint density at radius 2 is 1.85 bits per heavy atom. The lowest BCUT2D eigenvalue weighted by Gasteiger charge is -2.07. The van der Waals surface area contributed by atoms with Crippen LogP contribution in [0.5, 0.6) is 11.5 Å². The standard InChI is InChI=1S/C16H13NO3/c1-11-9-12-7-8-14(10-17(12)15(11)16(18)19)20-13-5-3-2-4-6-13/h2-10H,1H3,(H,18,19). The molecule has 0 spiro atoms. The minimum Gasteiger partial charge on any atom is -0.477 e. The van der Waals surface area contributed by atoms with E-state index in [-0.39, 0.29) is 5.69 Å². The molecule has 4 heteroatoms.